The average molecular weight is 399 g/mol. The van der Waals surface area contributed by atoms with E-state index in [2.05, 4.69) is 38.3 Å². The second-order valence-corrected chi connectivity index (χ2v) is 8.18. The summed E-state index contributed by atoms with van der Waals surface area (Å²) in [6, 6.07) is 14.2. The van der Waals surface area contributed by atoms with Gasteiger partial charge in [0, 0.05) is 49.4 Å². The van der Waals surface area contributed by atoms with Crippen molar-refractivity contribution < 1.29 is 5.11 Å². The van der Waals surface area contributed by atoms with E-state index in [0.29, 0.717) is 12.8 Å². The highest BCUT2D eigenvalue weighted by molar-refractivity contribution is 5.76. The van der Waals surface area contributed by atoms with E-state index in [4.69, 9.17) is 0 Å². The topological polar surface area (TPSA) is 66.5 Å². The molecule has 0 unspecified atom stereocenters. The quantitative estimate of drug-likeness (QED) is 0.568. The molecule has 1 aliphatic rings. The molecule has 0 saturated carbocycles. The number of fused-ring (bicyclic) bond motifs is 1. The maximum atomic E-state index is 11.1. The number of hydrogen-bond donors (Lipinski definition) is 1. The number of aliphatic hydroxyl groups is 1. The minimum Gasteiger partial charge on any atom is -0.383 e. The second kappa shape index (κ2) is 7.63. The second-order valence-electron chi connectivity index (χ2n) is 8.18. The van der Waals surface area contributed by atoms with Crippen LogP contribution in [-0.4, -0.2) is 42.7 Å². The molecule has 0 aliphatic carbocycles. The lowest BCUT2D eigenvalue weighted by atomic mass is 9.87. The van der Waals surface area contributed by atoms with Gasteiger partial charge >= 0.3 is 0 Å². The molecule has 6 nitrogen and oxygen atoms in total. The van der Waals surface area contributed by atoms with Gasteiger partial charge in [0.25, 0.3) is 0 Å². The van der Waals surface area contributed by atoms with Crippen LogP contribution in [0.15, 0.2) is 67.3 Å². The van der Waals surface area contributed by atoms with Gasteiger partial charge in [0.15, 0.2) is 5.65 Å². The Morgan fingerprint density at radius 2 is 1.77 bits per heavy atom. The van der Waals surface area contributed by atoms with Gasteiger partial charge in [0.05, 0.1) is 11.9 Å². The van der Waals surface area contributed by atoms with Gasteiger partial charge in [-0.2, -0.15) is 5.10 Å². The maximum absolute atomic E-state index is 11.1. The third-order valence-electron chi connectivity index (χ3n) is 5.97. The van der Waals surface area contributed by atoms with Gasteiger partial charge < -0.3 is 5.11 Å². The number of likely N-dealkylation sites (tertiary alicyclic amines) is 1. The van der Waals surface area contributed by atoms with E-state index < -0.39 is 5.60 Å². The van der Waals surface area contributed by atoms with Gasteiger partial charge in [-0.1, -0.05) is 36.4 Å². The Morgan fingerprint density at radius 1 is 0.967 bits per heavy atom. The molecule has 1 fully saturated rings. The Kier molecular flexibility index (Phi) is 4.81. The van der Waals surface area contributed by atoms with Crippen molar-refractivity contribution in [2.24, 2.45) is 0 Å². The summed E-state index contributed by atoms with van der Waals surface area (Å²) in [5.41, 5.74) is 5.19. The van der Waals surface area contributed by atoms with Gasteiger partial charge in [-0.15, -0.1) is 0 Å². The molecule has 1 aromatic carbocycles. The zero-order chi connectivity index (χ0) is 20.6. The molecule has 6 heteroatoms. The van der Waals surface area contributed by atoms with Crippen molar-refractivity contribution in [1.29, 1.82) is 0 Å². The fourth-order valence-corrected chi connectivity index (χ4v) is 4.15. The molecule has 1 saturated heterocycles. The number of rotatable bonds is 4. The number of hydrogen-bond acceptors (Lipinski definition) is 5. The molecular weight excluding hydrogens is 374 g/mol. The molecule has 0 radical (unpaired) electrons. The fourth-order valence-electron chi connectivity index (χ4n) is 4.15. The normalized spacial score (nSPS) is 16.7. The number of benzene rings is 1. The highest BCUT2D eigenvalue weighted by Crippen LogP contribution is 2.32. The summed E-state index contributed by atoms with van der Waals surface area (Å²) in [5.74, 6) is 0. The van der Waals surface area contributed by atoms with Crippen LogP contribution in [-0.2, 0) is 12.1 Å². The zero-order valence-corrected chi connectivity index (χ0v) is 17.1. The number of pyridine rings is 1. The Hall–Kier alpha value is -3.09. The van der Waals surface area contributed by atoms with Gasteiger partial charge in [-0.05, 0) is 37.0 Å². The smallest absolute Gasteiger partial charge is 0.162 e. The molecule has 0 atom stereocenters. The molecule has 3 aromatic heterocycles. The van der Waals surface area contributed by atoms with Crippen LogP contribution in [0.2, 0.25) is 0 Å². The highest BCUT2D eigenvalue weighted by atomic mass is 16.3. The molecule has 4 aromatic rings. The van der Waals surface area contributed by atoms with Crippen molar-refractivity contribution in [2.75, 3.05) is 13.1 Å². The van der Waals surface area contributed by atoms with Gasteiger partial charge in [0.1, 0.15) is 5.60 Å². The lowest BCUT2D eigenvalue weighted by molar-refractivity contribution is -0.0311. The van der Waals surface area contributed by atoms with Crippen molar-refractivity contribution in [3.8, 4) is 11.1 Å². The van der Waals surface area contributed by atoms with Crippen LogP contribution < -0.4 is 0 Å². The average Bonchev–Trinajstić information content (AvgIpc) is 3.20. The first kappa shape index (κ1) is 18.9. The van der Waals surface area contributed by atoms with E-state index in [1.165, 1.54) is 0 Å². The summed E-state index contributed by atoms with van der Waals surface area (Å²) in [6.07, 6.45) is 9.05. The van der Waals surface area contributed by atoms with Crippen LogP contribution in [0.3, 0.4) is 0 Å². The van der Waals surface area contributed by atoms with E-state index in [1.54, 1.807) is 0 Å². The van der Waals surface area contributed by atoms with Crippen molar-refractivity contribution >= 4 is 5.65 Å². The van der Waals surface area contributed by atoms with Crippen molar-refractivity contribution in [2.45, 2.75) is 31.9 Å². The van der Waals surface area contributed by atoms with Crippen LogP contribution in [0.25, 0.3) is 16.8 Å². The summed E-state index contributed by atoms with van der Waals surface area (Å²) in [5, 5.41) is 15.6. The van der Waals surface area contributed by atoms with E-state index >= 15 is 0 Å². The Morgan fingerprint density at radius 3 is 2.50 bits per heavy atom. The van der Waals surface area contributed by atoms with E-state index in [-0.39, 0.29) is 0 Å². The van der Waals surface area contributed by atoms with Crippen molar-refractivity contribution in [3.63, 3.8) is 0 Å². The fraction of sp³-hybridized carbons (Fsp3) is 0.292. The molecule has 0 bridgehead atoms. The summed E-state index contributed by atoms with van der Waals surface area (Å²) < 4.78 is 1.86. The minimum absolute atomic E-state index is 0.679. The SMILES string of the molecule is Cc1ccc(C2(O)CCN(Cc3cnc4c(-c5ccccc5)cnn4c3)CC2)nc1. The van der Waals surface area contributed by atoms with Crippen molar-refractivity contribution in [1.82, 2.24) is 24.5 Å². The summed E-state index contributed by atoms with van der Waals surface area (Å²) in [4.78, 5) is 11.5. The van der Waals surface area contributed by atoms with Gasteiger partial charge in [0.2, 0.25) is 0 Å². The molecule has 152 valence electrons. The summed E-state index contributed by atoms with van der Waals surface area (Å²) in [7, 11) is 0. The van der Waals surface area contributed by atoms with Crippen LogP contribution >= 0.6 is 0 Å². The standard InChI is InChI=1S/C24H25N5O/c1-18-7-8-22(25-13-18)24(30)9-11-28(12-10-24)16-19-14-26-23-21(15-27-29(23)17-19)20-5-3-2-4-6-20/h2-8,13-15,17,30H,9-12,16H2,1H3. The Bertz CT molecular complexity index is 1150. The Labute approximate surface area is 175 Å². The van der Waals surface area contributed by atoms with Crippen LogP contribution in [0.1, 0.15) is 29.7 Å². The van der Waals surface area contributed by atoms with Crippen LogP contribution in [0.4, 0.5) is 0 Å². The monoisotopic (exact) mass is 399 g/mol. The van der Waals surface area contributed by atoms with E-state index in [1.807, 2.05) is 60.4 Å². The zero-order valence-electron chi connectivity index (χ0n) is 17.1. The highest BCUT2D eigenvalue weighted by Gasteiger charge is 2.35. The summed E-state index contributed by atoms with van der Waals surface area (Å²) in [6.45, 7) is 4.44. The first-order valence-electron chi connectivity index (χ1n) is 10.4. The predicted octanol–water partition coefficient (Wildman–Crippen LogP) is 3.58. The lowest BCUT2D eigenvalue weighted by Crippen LogP contribution is -2.42. The van der Waals surface area contributed by atoms with Crippen molar-refractivity contribution in [3.05, 3.63) is 84.1 Å². The minimum atomic E-state index is -0.834. The number of aromatic nitrogens is 4. The molecule has 4 heterocycles. The first-order valence-corrected chi connectivity index (χ1v) is 10.4. The molecule has 1 N–H and O–H groups in total. The molecule has 30 heavy (non-hydrogen) atoms. The van der Waals surface area contributed by atoms with Crippen LogP contribution in [0, 0.1) is 6.92 Å². The van der Waals surface area contributed by atoms with E-state index in [9.17, 15) is 5.11 Å². The first-order chi connectivity index (χ1) is 14.6. The third kappa shape index (κ3) is 3.60. The Balaban J connectivity index is 1.28. The summed E-state index contributed by atoms with van der Waals surface area (Å²) >= 11 is 0. The molecule has 0 spiro atoms. The van der Waals surface area contributed by atoms with Gasteiger partial charge in [-0.25, -0.2) is 9.50 Å². The maximum Gasteiger partial charge on any atom is 0.162 e. The lowest BCUT2D eigenvalue weighted by Gasteiger charge is -2.37. The molecular formula is C24H25N5O. The molecule has 1 aliphatic heterocycles. The third-order valence-corrected chi connectivity index (χ3v) is 5.97. The van der Waals surface area contributed by atoms with Crippen LogP contribution in [0.5, 0.6) is 0 Å². The molecule has 0 amide bonds. The van der Waals surface area contributed by atoms with Gasteiger partial charge in [-0.3, -0.25) is 9.88 Å². The predicted molar refractivity (Wildman–Crippen MR) is 116 cm³/mol. The number of aryl methyl sites for hydroxylation is 1. The number of nitrogens with zero attached hydrogens (tertiary/aromatic N) is 5. The van der Waals surface area contributed by atoms with E-state index in [0.717, 1.165) is 53.2 Å². The largest absolute Gasteiger partial charge is 0.383 e. The molecule has 5 rings (SSSR count). The number of piperidine rings is 1.